The van der Waals surface area contributed by atoms with Crippen LogP contribution in [-0.4, -0.2) is 24.0 Å². The predicted molar refractivity (Wildman–Crippen MR) is 58.9 cm³/mol. The Morgan fingerprint density at radius 3 is 2.93 bits per heavy atom. The molecule has 80 valence electrons. The van der Waals surface area contributed by atoms with E-state index >= 15 is 0 Å². The summed E-state index contributed by atoms with van der Waals surface area (Å²) in [6, 6.07) is 3.95. The quantitative estimate of drug-likeness (QED) is 0.784. The van der Waals surface area contributed by atoms with E-state index in [0.717, 1.165) is 18.5 Å². The van der Waals surface area contributed by atoms with Crippen molar-refractivity contribution in [1.82, 2.24) is 10.3 Å². The van der Waals surface area contributed by atoms with Crippen LogP contribution in [0.5, 0.6) is 0 Å². The first-order valence-corrected chi connectivity index (χ1v) is 5.24. The maximum absolute atomic E-state index is 11.7. The van der Waals surface area contributed by atoms with Crippen molar-refractivity contribution in [3.8, 4) is 0 Å². The monoisotopic (exact) mass is 205 g/mol. The van der Waals surface area contributed by atoms with E-state index in [0.29, 0.717) is 11.7 Å². The number of aromatic nitrogens is 1. The Bertz CT molecular complexity index is 361. The van der Waals surface area contributed by atoms with E-state index in [1.807, 2.05) is 13.1 Å². The number of anilines is 1. The third-order valence-electron chi connectivity index (χ3n) is 2.72. The first-order valence-electron chi connectivity index (χ1n) is 5.24. The number of hydrogen-bond acceptors (Lipinski definition) is 3. The maximum atomic E-state index is 11.7. The highest BCUT2D eigenvalue weighted by Crippen LogP contribution is 2.18. The number of carbonyl (C=O) groups excluding carboxylic acids is 1. The second-order valence-corrected chi connectivity index (χ2v) is 3.78. The molecule has 1 aliphatic carbocycles. The molecule has 4 nitrogen and oxygen atoms in total. The minimum Gasteiger partial charge on any atom is -0.388 e. The summed E-state index contributed by atoms with van der Waals surface area (Å²) in [5, 5.41) is 5.94. The summed E-state index contributed by atoms with van der Waals surface area (Å²) >= 11 is 0. The number of nitrogens with one attached hydrogen (secondary N) is 2. The molecule has 1 amide bonds. The van der Waals surface area contributed by atoms with Crippen LogP contribution in [0.2, 0.25) is 0 Å². The van der Waals surface area contributed by atoms with E-state index in [1.54, 1.807) is 12.3 Å². The first-order chi connectivity index (χ1) is 7.29. The van der Waals surface area contributed by atoms with Gasteiger partial charge in [0.05, 0.1) is 0 Å². The summed E-state index contributed by atoms with van der Waals surface area (Å²) in [6.45, 7) is 0. The Balaban J connectivity index is 2.03. The van der Waals surface area contributed by atoms with Crippen molar-refractivity contribution in [1.29, 1.82) is 0 Å². The van der Waals surface area contributed by atoms with Gasteiger partial charge in [-0.2, -0.15) is 0 Å². The van der Waals surface area contributed by atoms with Gasteiger partial charge in [-0.15, -0.1) is 0 Å². The Morgan fingerprint density at radius 1 is 1.53 bits per heavy atom. The van der Waals surface area contributed by atoms with Crippen molar-refractivity contribution in [3.05, 3.63) is 24.0 Å². The van der Waals surface area contributed by atoms with Crippen molar-refractivity contribution in [2.24, 2.45) is 0 Å². The van der Waals surface area contributed by atoms with Crippen LogP contribution in [-0.2, 0) is 0 Å². The Kier molecular flexibility index (Phi) is 2.85. The summed E-state index contributed by atoms with van der Waals surface area (Å²) in [7, 11) is 1.82. The predicted octanol–water partition coefficient (Wildman–Crippen LogP) is 1.41. The van der Waals surface area contributed by atoms with Gasteiger partial charge in [-0.1, -0.05) is 0 Å². The topological polar surface area (TPSA) is 54.0 Å². The standard InChI is InChI=1S/C11H15N3O/c1-12-9-5-6-13-10(7-9)11(15)14-8-3-2-4-8/h5-8H,2-4H2,1H3,(H,12,13)(H,14,15). The average Bonchev–Trinajstić information content (AvgIpc) is 2.23. The van der Waals surface area contributed by atoms with E-state index in [-0.39, 0.29) is 5.91 Å². The first kappa shape index (κ1) is 9.96. The van der Waals surface area contributed by atoms with E-state index < -0.39 is 0 Å². The number of amides is 1. The molecule has 4 heteroatoms. The van der Waals surface area contributed by atoms with Crippen LogP contribution in [0.25, 0.3) is 0 Å². The second kappa shape index (κ2) is 4.29. The van der Waals surface area contributed by atoms with Gasteiger partial charge in [0.1, 0.15) is 5.69 Å². The molecule has 2 N–H and O–H groups in total. The van der Waals surface area contributed by atoms with Gasteiger partial charge in [-0.25, -0.2) is 0 Å². The van der Waals surface area contributed by atoms with Crippen LogP contribution < -0.4 is 10.6 Å². The Hall–Kier alpha value is -1.58. The molecule has 0 aromatic carbocycles. The zero-order valence-electron chi connectivity index (χ0n) is 8.79. The molecule has 0 bridgehead atoms. The van der Waals surface area contributed by atoms with Crippen molar-refractivity contribution < 1.29 is 4.79 Å². The lowest BCUT2D eigenvalue weighted by Gasteiger charge is -2.26. The highest BCUT2D eigenvalue weighted by molar-refractivity contribution is 5.93. The molecule has 0 unspecified atom stereocenters. The van der Waals surface area contributed by atoms with Gasteiger partial charge >= 0.3 is 0 Å². The smallest absolute Gasteiger partial charge is 0.270 e. The molecule has 1 aromatic heterocycles. The van der Waals surface area contributed by atoms with Gasteiger partial charge in [-0.05, 0) is 31.4 Å². The van der Waals surface area contributed by atoms with Crippen molar-refractivity contribution in [2.45, 2.75) is 25.3 Å². The molecule has 1 fully saturated rings. The lowest BCUT2D eigenvalue weighted by molar-refractivity contribution is 0.0912. The molecule has 15 heavy (non-hydrogen) atoms. The molecule has 1 heterocycles. The molecule has 2 rings (SSSR count). The molecule has 0 radical (unpaired) electrons. The highest BCUT2D eigenvalue weighted by atomic mass is 16.1. The average molecular weight is 205 g/mol. The van der Waals surface area contributed by atoms with Crippen LogP contribution >= 0.6 is 0 Å². The third-order valence-corrected chi connectivity index (χ3v) is 2.72. The Labute approximate surface area is 89.1 Å². The Morgan fingerprint density at radius 2 is 2.33 bits per heavy atom. The van der Waals surface area contributed by atoms with E-state index in [9.17, 15) is 4.79 Å². The zero-order chi connectivity index (χ0) is 10.7. The largest absolute Gasteiger partial charge is 0.388 e. The second-order valence-electron chi connectivity index (χ2n) is 3.78. The molecular formula is C11H15N3O. The van der Waals surface area contributed by atoms with E-state index in [4.69, 9.17) is 0 Å². The van der Waals surface area contributed by atoms with Crippen molar-refractivity contribution >= 4 is 11.6 Å². The number of pyridine rings is 1. The van der Waals surface area contributed by atoms with Crippen LogP contribution in [0.1, 0.15) is 29.8 Å². The molecular weight excluding hydrogens is 190 g/mol. The van der Waals surface area contributed by atoms with Gasteiger partial charge in [0.15, 0.2) is 0 Å². The lowest BCUT2D eigenvalue weighted by Crippen LogP contribution is -2.39. The molecule has 0 saturated heterocycles. The fourth-order valence-corrected chi connectivity index (χ4v) is 1.52. The maximum Gasteiger partial charge on any atom is 0.270 e. The lowest BCUT2D eigenvalue weighted by atomic mass is 9.93. The highest BCUT2D eigenvalue weighted by Gasteiger charge is 2.20. The third kappa shape index (κ3) is 2.26. The molecule has 1 aromatic rings. The number of carbonyl (C=O) groups is 1. The van der Waals surface area contributed by atoms with Gasteiger partial charge in [0.25, 0.3) is 5.91 Å². The van der Waals surface area contributed by atoms with Gasteiger partial charge in [0, 0.05) is 25.0 Å². The number of nitrogens with zero attached hydrogens (tertiary/aromatic N) is 1. The summed E-state index contributed by atoms with van der Waals surface area (Å²) in [5.41, 5.74) is 1.39. The van der Waals surface area contributed by atoms with Gasteiger partial charge in [0.2, 0.25) is 0 Å². The summed E-state index contributed by atoms with van der Waals surface area (Å²) in [4.78, 5) is 15.8. The fraction of sp³-hybridized carbons (Fsp3) is 0.455. The van der Waals surface area contributed by atoms with Gasteiger partial charge < -0.3 is 10.6 Å². The minimum atomic E-state index is -0.0724. The molecule has 1 aliphatic rings. The molecule has 0 spiro atoms. The summed E-state index contributed by atoms with van der Waals surface area (Å²) < 4.78 is 0. The van der Waals surface area contributed by atoms with E-state index in [1.165, 1.54) is 6.42 Å². The SMILES string of the molecule is CNc1ccnc(C(=O)NC2CCC2)c1. The molecule has 0 aliphatic heterocycles. The summed E-state index contributed by atoms with van der Waals surface area (Å²) in [6.07, 6.45) is 5.05. The van der Waals surface area contributed by atoms with Crippen LogP contribution in [0.15, 0.2) is 18.3 Å². The molecule has 1 saturated carbocycles. The van der Waals surface area contributed by atoms with Crippen molar-refractivity contribution in [3.63, 3.8) is 0 Å². The van der Waals surface area contributed by atoms with Gasteiger partial charge in [-0.3, -0.25) is 9.78 Å². The number of hydrogen-bond donors (Lipinski definition) is 2. The molecule has 0 atom stereocenters. The zero-order valence-corrected chi connectivity index (χ0v) is 8.79. The van der Waals surface area contributed by atoms with E-state index in [2.05, 4.69) is 15.6 Å². The minimum absolute atomic E-state index is 0.0724. The van der Waals surface area contributed by atoms with Crippen LogP contribution in [0.3, 0.4) is 0 Å². The fourth-order valence-electron chi connectivity index (χ4n) is 1.52. The van der Waals surface area contributed by atoms with Crippen LogP contribution in [0, 0.1) is 0 Å². The number of rotatable bonds is 3. The van der Waals surface area contributed by atoms with Crippen LogP contribution in [0.4, 0.5) is 5.69 Å². The van der Waals surface area contributed by atoms with Crippen molar-refractivity contribution in [2.75, 3.05) is 12.4 Å². The summed E-state index contributed by atoms with van der Waals surface area (Å²) in [5.74, 6) is -0.0724. The normalized spacial score (nSPS) is 15.5.